The Kier molecular flexibility index (Phi) is 7.15. The van der Waals surface area contributed by atoms with Gasteiger partial charge in [-0.05, 0) is 49.4 Å². The van der Waals surface area contributed by atoms with Gasteiger partial charge >= 0.3 is 5.69 Å². The van der Waals surface area contributed by atoms with Crippen molar-refractivity contribution in [3.63, 3.8) is 0 Å². The van der Waals surface area contributed by atoms with E-state index in [1.165, 1.54) is 6.42 Å². The Labute approximate surface area is 204 Å². The Morgan fingerprint density at radius 1 is 1.03 bits per heavy atom. The molecule has 1 saturated carbocycles. The van der Waals surface area contributed by atoms with E-state index in [0.29, 0.717) is 28.3 Å². The predicted octanol–water partition coefficient (Wildman–Crippen LogP) is 6.70. The lowest BCUT2D eigenvalue weighted by Crippen LogP contribution is -2.25. The van der Waals surface area contributed by atoms with Crippen LogP contribution in [0.3, 0.4) is 0 Å². The number of benzene rings is 1. The lowest BCUT2D eigenvalue weighted by atomic mass is 10.1. The Balaban J connectivity index is 0.000000821. The standard InChI is InChI=1S/C22H23Cl2N5O.C3H8/c1-13(2)10-11-27-17-8-9-18(24)25-21(17)26-19(27)12-28-16-5-3-4-15(23)20(16)29(22(28)30)14-6-7-14;1-3-2/h3-5,8-9,13-14H,6-7,10-12H2,1-2H3;3H2,1-2H3. The smallest absolute Gasteiger partial charge is 0.325 e. The molecule has 1 aliphatic carbocycles. The van der Waals surface area contributed by atoms with Gasteiger partial charge in [0.1, 0.15) is 11.0 Å². The van der Waals surface area contributed by atoms with Gasteiger partial charge in [-0.1, -0.05) is 63.4 Å². The van der Waals surface area contributed by atoms with Gasteiger partial charge in [0.2, 0.25) is 0 Å². The van der Waals surface area contributed by atoms with E-state index in [-0.39, 0.29) is 11.7 Å². The van der Waals surface area contributed by atoms with E-state index in [9.17, 15) is 4.79 Å². The van der Waals surface area contributed by atoms with Crippen LogP contribution in [0.25, 0.3) is 22.2 Å². The first kappa shape index (κ1) is 23.8. The molecule has 0 spiro atoms. The molecule has 6 nitrogen and oxygen atoms in total. The van der Waals surface area contributed by atoms with Crippen molar-refractivity contribution in [3.05, 3.63) is 56.8 Å². The molecule has 1 fully saturated rings. The van der Waals surface area contributed by atoms with E-state index in [4.69, 9.17) is 28.2 Å². The maximum Gasteiger partial charge on any atom is 0.329 e. The third-order valence-corrected chi connectivity index (χ3v) is 6.25. The number of nitrogens with zero attached hydrogens (tertiary/aromatic N) is 5. The van der Waals surface area contributed by atoms with Crippen molar-refractivity contribution in [1.82, 2.24) is 23.7 Å². The molecule has 0 aliphatic heterocycles. The molecule has 0 unspecified atom stereocenters. The summed E-state index contributed by atoms with van der Waals surface area (Å²) in [5.74, 6) is 1.35. The SMILES string of the molecule is CC(C)CCn1c(Cn2c(=O)n(C3CC3)c3c(Cl)cccc32)nc2nc(Cl)ccc21.CCC. The van der Waals surface area contributed by atoms with Gasteiger partial charge in [0.05, 0.1) is 28.1 Å². The number of hydrogen-bond donors (Lipinski definition) is 0. The molecule has 0 saturated heterocycles. The van der Waals surface area contributed by atoms with Gasteiger partial charge in [-0.25, -0.2) is 14.8 Å². The summed E-state index contributed by atoms with van der Waals surface area (Å²) in [5, 5.41) is 1.02. The lowest BCUT2D eigenvalue weighted by molar-refractivity contribution is 0.506. The number of aromatic nitrogens is 5. The molecule has 8 heteroatoms. The molecule has 176 valence electrons. The van der Waals surface area contributed by atoms with Crippen LogP contribution in [-0.2, 0) is 13.1 Å². The van der Waals surface area contributed by atoms with Gasteiger partial charge in [-0.3, -0.25) is 9.13 Å². The van der Waals surface area contributed by atoms with Crippen LogP contribution in [0.2, 0.25) is 10.2 Å². The highest BCUT2D eigenvalue weighted by Crippen LogP contribution is 2.38. The van der Waals surface area contributed by atoms with Gasteiger partial charge < -0.3 is 4.57 Å². The highest BCUT2D eigenvalue weighted by atomic mass is 35.5. The van der Waals surface area contributed by atoms with Crippen LogP contribution in [0, 0.1) is 5.92 Å². The molecule has 5 rings (SSSR count). The van der Waals surface area contributed by atoms with E-state index in [1.807, 2.05) is 28.8 Å². The third-order valence-electron chi connectivity index (χ3n) is 5.73. The van der Waals surface area contributed by atoms with Gasteiger partial charge in [0.25, 0.3) is 0 Å². The molecular weight excluding hydrogens is 457 g/mol. The summed E-state index contributed by atoms with van der Waals surface area (Å²) in [6.07, 6.45) is 4.28. The van der Waals surface area contributed by atoms with E-state index in [1.54, 1.807) is 10.6 Å². The van der Waals surface area contributed by atoms with Gasteiger partial charge in [-0.15, -0.1) is 0 Å². The largest absolute Gasteiger partial charge is 0.329 e. The van der Waals surface area contributed by atoms with Crippen molar-refractivity contribution in [2.24, 2.45) is 5.92 Å². The molecule has 0 bridgehead atoms. The first-order valence-electron chi connectivity index (χ1n) is 11.8. The molecule has 33 heavy (non-hydrogen) atoms. The second-order valence-corrected chi connectivity index (χ2v) is 9.92. The summed E-state index contributed by atoms with van der Waals surface area (Å²) in [6.45, 7) is 9.82. The number of aryl methyl sites for hydroxylation is 1. The van der Waals surface area contributed by atoms with E-state index in [2.05, 4.69) is 37.2 Å². The van der Waals surface area contributed by atoms with Crippen molar-refractivity contribution in [2.45, 2.75) is 72.5 Å². The number of hydrogen-bond acceptors (Lipinski definition) is 3. The van der Waals surface area contributed by atoms with Crippen LogP contribution in [-0.4, -0.2) is 23.7 Å². The number of halogens is 2. The average Bonchev–Trinajstić information content (AvgIpc) is 3.48. The van der Waals surface area contributed by atoms with Crippen LogP contribution in [0.15, 0.2) is 35.1 Å². The molecular formula is C25H31Cl2N5O. The van der Waals surface area contributed by atoms with Gasteiger partial charge in [0, 0.05) is 12.6 Å². The van der Waals surface area contributed by atoms with Crippen LogP contribution >= 0.6 is 23.2 Å². The molecule has 1 aromatic carbocycles. The summed E-state index contributed by atoms with van der Waals surface area (Å²) in [5.41, 5.74) is 3.17. The molecule has 0 radical (unpaired) electrons. The van der Waals surface area contributed by atoms with Crippen molar-refractivity contribution < 1.29 is 0 Å². The second kappa shape index (κ2) is 9.90. The third kappa shape index (κ3) is 4.82. The first-order valence-corrected chi connectivity index (χ1v) is 12.5. The first-order chi connectivity index (χ1) is 15.8. The van der Waals surface area contributed by atoms with Crippen LogP contribution in [0.1, 0.15) is 65.2 Å². The van der Waals surface area contributed by atoms with Crippen molar-refractivity contribution >= 4 is 45.4 Å². The molecule has 3 heterocycles. The summed E-state index contributed by atoms with van der Waals surface area (Å²) in [7, 11) is 0. The maximum absolute atomic E-state index is 13.4. The molecule has 0 atom stereocenters. The van der Waals surface area contributed by atoms with Crippen LogP contribution in [0.5, 0.6) is 0 Å². The Morgan fingerprint density at radius 2 is 1.76 bits per heavy atom. The van der Waals surface area contributed by atoms with Crippen molar-refractivity contribution in [2.75, 3.05) is 0 Å². The Hall–Kier alpha value is -2.31. The number of pyridine rings is 1. The Morgan fingerprint density at radius 3 is 2.42 bits per heavy atom. The maximum atomic E-state index is 13.4. The normalized spacial score (nSPS) is 13.7. The number of imidazole rings is 2. The number of para-hydroxylation sites is 1. The fraction of sp³-hybridized carbons (Fsp3) is 0.480. The van der Waals surface area contributed by atoms with Crippen molar-refractivity contribution in [3.8, 4) is 0 Å². The highest BCUT2D eigenvalue weighted by molar-refractivity contribution is 6.35. The number of rotatable bonds is 6. The fourth-order valence-electron chi connectivity index (χ4n) is 4.04. The van der Waals surface area contributed by atoms with Crippen LogP contribution < -0.4 is 5.69 Å². The number of fused-ring (bicyclic) bond motifs is 2. The molecule has 1 aliphatic rings. The molecule has 4 aromatic rings. The zero-order valence-electron chi connectivity index (χ0n) is 19.7. The predicted molar refractivity (Wildman–Crippen MR) is 137 cm³/mol. The summed E-state index contributed by atoms with van der Waals surface area (Å²) < 4.78 is 5.80. The fourth-order valence-corrected chi connectivity index (χ4v) is 4.45. The minimum Gasteiger partial charge on any atom is -0.325 e. The van der Waals surface area contributed by atoms with E-state index < -0.39 is 0 Å². The van der Waals surface area contributed by atoms with Gasteiger partial charge in [0.15, 0.2) is 5.65 Å². The Bertz CT molecular complexity index is 1330. The summed E-state index contributed by atoms with van der Waals surface area (Å²) in [4.78, 5) is 22.5. The highest BCUT2D eigenvalue weighted by Gasteiger charge is 2.30. The molecule has 0 amide bonds. The minimum absolute atomic E-state index is 0.0333. The topological polar surface area (TPSA) is 57.6 Å². The zero-order chi connectivity index (χ0) is 23.7. The molecule has 3 aromatic heterocycles. The van der Waals surface area contributed by atoms with E-state index >= 15 is 0 Å². The summed E-state index contributed by atoms with van der Waals surface area (Å²) >= 11 is 12.6. The molecule has 0 N–H and O–H groups in total. The lowest BCUT2D eigenvalue weighted by Gasteiger charge is -2.11. The minimum atomic E-state index is -0.0333. The zero-order valence-corrected chi connectivity index (χ0v) is 21.2. The van der Waals surface area contributed by atoms with Crippen molar-refractivity contribution in [1.29, 1.82) is 0 Å². The quantitative estimate of drug-likeness (QED) is 0.284. The summed E-state index contributed by atoms with van der Waals surface area (Å²) in [6, 6.07) is 9.66. The van der Waals surface area contributed by atoms with Gasteiger partial charge in [-0.2, -0.15) is 0 Å². The second-order valence-electron chi connectivity index (χ2n) is 9.12. The average molecular weight is 488 g/mol. The van der Waals surface area contributed by atoms with Crippen LogP contribution in [0.4, 0.5) is 0 Å². The van der Waals surface area contributed by atoms with E-state index in [0.717, 1.165) is 48.2 Å². The monoisotopic (exact) mass is 487 g/mol.